The van der Waals surface area contributed by atoms with Crippen molar-refractivity contribution in [3.05, 3.63) is 40.5 Å². The van der Waals surface area contributed by atoms with Gasteiger partial charge in [-0.2, -0.15) is 5.26 Å². The molecule has 1 aliphatic rings. The van der Waals surface area contributed by atoms with Gasteiger partial charge in [-0.15, -0.1) is 0 Å². The van der Waals surface area contributed by atoms with Crippen molar-refractivity contribution in [3.8, 4) is 17.6 Å². The van der Waals surface area contributed by atoms with Crippen LogP contribution in [0.5, 0.6) is 11.5 Å². The molecule has 0 spiro atoms. The molecule has 1 aromatic carbocycles. The normalized spacial score (nSPS) is 15.2. The molecule has 6 nitrogen and oxygen atoms in total. The zero-order valence-corrected chi connectivity index (χ0v) is 20.4. The summed E-state index contributed by atoms with van der Waals surface area (Å²) in [5.41, 5.74) is 1.53. The van der Waals surface area contributed by atoms with Crippen molar-refractivity contribution in [2.75, 3.05) is 20.3 Å². The van der Waals surface area contributed by atoms with Crippen molar-refractivity contribution in [2.24, 2.45) is 0 Å². The van der Waals surface area contributed by atoms with Crippen molar-refractivity contribution < 1.29 is 19.1 Å². The van der Waals surface area contributed by atoms with Gasteiger partial charge >= 0.3 is 0 Å². The maximum absolute atomic E-state index is 13.2. The Labute approximate surface area is 197 Å². The lowest BCUT2D eigenvalue weighted by Crippen LogP contribution is -2.43. The van der Waals surface area contributed by atoms with E-state index in [2.05, 4.69) is 13.8 Å². The van der Waals surface area contributed by atoms with Gasteiger partial charge in [-0.1, -0.05) is 58.4 Å². The molecule has 2 rings (SSSR count). The van der Waals surface area contributed by atoms with Crippen LogP contribution in [0.15, 0.2) is 34.9 Å². The number of ether oxygens (including phenoxy) is 2. The van der Waals surface area contributed by atoms with E-state index in [1.807, 2.05) is 24.3 Å². The third-order valence-electron chi connectivity index (χ3n) is 5.81. The summed E-state index contributed by atoms with van der Waals surface area (Å²) < 4.78 is 11.4. The first kappa shape index (κ1) is 26.2. The highest BCUT2D eigenvalue weighted by molar-refractivity contribution is 6.19. The minimum Gasteiger partial charge on any atom is -0.493 e. The number of imide groups is 1. The van der Waals surface area contributed by atoms with Crippen molar-refractivity contribution in [3.63, 3.8) is 0 Å². The molecule has 0 radical (unpaired) electrons. The minimum atomic E-state index is -0.502. The molecule has 0 aliphatic carbocycles. The third kappa shape index (κ3) is 6.95. The van der Waals surface area contributed by atoms with Crippen LogP contribution in [0.2, 0.25) is 0 Å². The second kappa shape index (κ2) is 13.5. The molecule has 1 heterocycles. The number of methoxy groups -OCH3 is 1. The SMILES string of the molecule is CCCCCCOc1ccc(/C=C2/C(=O)N(CCCCCC)C(=O)C(C#N)=C2C)cc1OC. The Balaban J connectivity index is 2.27. The predicted molar refractivity (Wildman–Crippen MR) is 130 cm³/mol. The molecule has 0 atom stereocenters. The zero-order chi connectivity index (χ0) is 24.2. The zero-order valence-electron chi connectivity index (χ0n) is 20.4. The molecular weight excluding hydrogens is 416 g/mol. The van der Waals surface area contributed by atoms with Gasteiger partial charge < -0.3 is 9.47 Å². The van der Waals surface area contributed by atoms with E-state index < -0.39 is 5.91 Å². The van der Waals surface area contributed by atoms with Gasteiger partial charge in [0.2, 0.25) is 0 Å². The van der Waals surface area contributed by atoms with Crippen molar-refractivity contribution >= 4 is 17.9 Å². The maximum atomic E-state index is 13.2. The number of carbonyl (C=O) groups excluding carboxylic acids is 2. The van der Waals surface area contributed by atoms with E-state index in [1.165, 1.54) is 17.7 Å². The first-order valence-corrected chi connectivity index (χ1v) is 12.0. The number of rotatable bonds is 13. The van der Waals surface area contributed by atoms with Crippen LogP contribution in [-0.2, 0) is 9.59 Å². The van der Waals surface area contributed by atoms with E-state index in [1.54, 1.807) is 20.1 Å². The highest BCUT2D eigenvalue weighted by Crippen LogP contribution is 2.32. The third-order valence-corrected chi connectivity index (χ3v) is 5.81. The molecule has 1 aliphatic heterocycles. The second-order valence-corrected chi connectivity index (χ2v) is 8.31. The Morgan fingerprint density at radius 1 is 0.970 bits per heavy atom. The first-order chi connectivity index (χ1) is 16.0. The van der Waals surface area contributed by atoms with Gasteiger partial charge in [-0.3, -0.25) is 14.5 Å². The Hall–Kier alpha value is -3.07. The van der Waals surface area contributed by atoms with Crippen molar-refractivity contribution in [1.29, 1.82) is 5.26 Å². The number of nitriles is 1. The number of carbonyl (C=O) groups is 2. The summed E-state index contributed by atoms with van der Waals surface area (Å²) in [6.45, 7) is 6.88. The Kier molecular flexibility index (Phi) is 10.7. The molecule has 0 N–H and O–H groups in total. The Bertz CT molecular complexity index is 940. The molecule has 2 amide bonds. The van der Waals surface area contributed by atoms with Gasteiger partial charge in [0.1, 0.15) is 11.6 Å². The van der Waals surface area contributed by atoms with E-state index in [4.69, 9.17) is 9.47 Å². The van der Waals surface area contributed by atoms with E-state index in [0.29, 0.717) is 35.8 Å². The average Bonchev–Trinajstić information content (AvgIpc) is 2.82. The largest absolute Gasteiger partial charge is 0.493 e. The topological polar surface area (TPSA) is 79.6 Å². The van der Waals surface area contributed by atoms with Gasteiger partial charge in [0.05, 0.1) is 13.7 Å². The first-order valence-electron chi connectivity index (χ1n) is 12.0. The molecule has 6 heteroatoms. The van der Waals surface area contributed by atoms with Gasteiger partial charge in [0, 0.05) is 12.1 Å². The van der Waals surface area contributed by atoms with Crippen LogP contribution in [0.3, 0.4) is 0 Å². The Morgan fingerprint density at radius 2 is 1.67 bits per heavy atom. The fourth-order valence-electron chi connectivity index (χ4n) is 3.80. The number of nitrogens with zero attached hydrogens (tertiary/aromatic N) is 2. The lowest BCUT2D eigenvalue weighted by Gasteiger charge is -2.27. The number of unbranched alkanes of at least 4 members (excludes halogenated alkanes) is 6. The average molecular weight is 453 g/mol. The highest BCUT2D eigenvalue weighted by atomic mass is 16.5. The smallest absolute Gasteiger partial charge is 0.271 e. The van der Waals surface area contributed by atoms with Crippen LogP contribution in [0, 0.1) is 11.3 Å². The summed E-state index contributed by atoms with van der Waals surface area (Å²) in [6.07, 6.45) is 9.98. The number of amides is 2. The van der Waals surface area contributed by atoms with Crippen LogP contribution in [0.25, 0.3) is 6.08 Å². The molecule has 1 aromatic rings. The van der Waals surface area contributed by atoms with Gasteiger partial charge in [0.15, 0.2) is 11.5 Å². The fraction of sp³-hybridized carbons (Fsp3) is 0.519. The molecule has 0 fully saturated rings. The van der Waals surface area contributed by atoms with Crippen LogP contribution in [0.1, 0.15) is 77.7 Å². The molecular formula is C27H36N2O4. The lowest BCUT2D eigenvalue weighted by atomic mass is 9.93. The predicted octanol–water partition coefficient (Wildman–Crippen LogP) is 5.83. The van der Waals surface area contributed by atoms with Gasteiger partial charge in [-0.05, 0) is 49.1 Å². The van der Waals surface area contributed by atoms with Crippen LogP contribution < -0.4 is 9.47 Å². The summed E-state index contributed by atoms with van der Waals surface area (Å²) in [5, 5.41) is 9.55. The van der Waals surface area contributed by atoms with E-state index >= 15 is 0 Å². The van der Waals surface area contributed by atoms with Crippen LogP contribution in [0.4, 0.5) is 0 Å². The molecule has 0 aromatic heterocycles. The van der Waals surface area contributed by atoms with Gasteiger partial charge in [0.25, 0.3) is 11.8 Å². The molecule has 0 saturated carbocycles. The molecule has 33 heavy (non-hydrogen) atoms. The van der Waals surface area contributed by atoms with Crippen molar-refractivity contribution in [1.82, 2.24) is 4.90 Å². The standard InChI is InChI=1S/C27H36N2O4/c1-5-7-9-11-15-29-26(30)22(20(3)23(19-28)27(29)31)17-21-13-14-24(25(18-21)32-4)33-16-12-10-8-6-2/h13-14,17-18H,5-12,15-16H2,1-4H3/b22-17+. The minimum absolute atomic E-state index is 0.0235. The van der Waals surface area contributed by atoms with Crippen LogP contribution in [-0.4, -0.2) is 37.0 Å². The summed E-state index contributed by atoms with van der Waals surface area (Å²) >= 11 is 0. The number of hydrogen-bond acceptors (Lipinski definition) is 5. The number of hydrogen-bond donors (Lipinski definition) is 0. The summed E-state index contributed by atoms with van der Waals surface area (Å²) in [6, 6.07) is 7.48. The van der Waals surface area contributed by atoms with Crippen LogP contribution >= 0.6 is 0 Å². The Morgan fingerprint density at radius 3 is 2.30 bits per heavy atom. The second-order valence-electron chi connectivity index (χ2n) is 8.31. The summed E-state index contributed by atoms with van der Waals surface area (Å²) in [7, 11) is 1.58. The molecule has 178 valence electrons. The summed E-state index contributed by atoms with van der Waals surface area (Å²) in [5.74, 6) is 0.378. The highest BCUT2D eigenvalue weighted by Gasteiger charge is 2.35. The summed E-state index contributed by atoms with van der Waals surface area (Å²) in [4.78, 5) is 27.1. The maximum Gasteiger partial charge on any atom is 0.271 e. The quantitative estimate of drug-likeness (QED) is 0.214. The van der Waals surface area contributed by atoms with Crippen molar-refractivity contribution in [2.45, 2.75) is 72.1 Å². The molecule has 0 bridgehead atoms. The molecule has 0 saturated heterocycles. The molecule has 0 unspecified atom stereocenters. The fourth-order valence-corrected chi connectivity index (χ4v) is 3.80. The van der Waals surface area contributed by atoms with E-state index in [9.17, 15) is 14.9 Å². The number of benzene rings is 1. The lowest BCUT2D eigenvalue weighted by molar-refractivity contribution is -0.140. The van der Waals surface area contributed by atoms with Gasteiger partial charge in [-0.25, -0.2) is 0 Å². The monoisotopic (exact) mass is 452 g/mol. The van der Waals surface area contributed by atoms with E-state index in [0.717, 1.165) is 44.1 Å². The van der Waals surface area contributed by atoms with E-state index in [-0.39, 0.29) is 11.5 Å².